The van der Waals surface area contributed by atoms with Crippen LogP contribution in [0.3, 0.4) is 0 Å². The molecule has 0 aromatic heterocycles. The molecule has 0 bridgehead atoms. The third-order valence-electron chi connectivity index (χ3n) is 10.0. The van der Waals surface area contributed by atoms with Crippen molar-refractivity contribution >= 4 is 0 Å². The van der Waals surface area contributed by atoms with E-state index in [0.717, 1.165) is 25.7 Å². The molecule has 0 radical (unpaired) electrons. The highest BCUT2D eigenvalue weighted by Crippen LogP contribution is 2.66. The molecule has 30 heavy (non-hydrogen) atoms. The SMILES string of the molecule is CC(C)[C@@H](C)C=C[C@](C)(O)[C@H]1CC[C@H]2C3=CC=C4C[C@@H](O)CC[C@@]4(C)[C@@H]3CC[C@@]21C. The first-order chi connectivity index (χ1) is 14.0. The van der Waals surface area contributed by atoms with Gasteiger partial charge in [0.05, 0.1) is 11.7 Å². The van der Waals surface area contributed by atoms with Crippen molar-refractivity contribution in [2.45, 2.75) is 98.2 Å². The molecular weight excluding hydrogens is 368 g/mol. The first-order valence-corrected chi connectivity index (χ1v) is 12.5. The van der Waals surface area contributed by atoms with Gasteiger partial charge in [-0.3, -0.25) is 0 Å². The molecule has 0 spiro atoms. The minimum absolute atomic E-state index is 0.154. The predicted molar refractivity (Wildman–Crippen MR) is 125 cm³/mol. The zero-order chi connectivity index (χ0) is 21.9. The number of hydrogen-bond donors (Lipinski definition) is 2. The number of allylic oxidation sites excluding steroid dienone is 4. The Balaban J connectivity index is 1.61. The van der Waals surface area contributed by atoms with Crippen LogP contribution in [0.2, 0.25) is 0 Å². The first kappa shape index (κ1) is 22.3. The van der Waals surface area contributed by atoms with E-state index in [0.29, 0.717) is 29.6 Å². The van der Waals surface area contributed by atoms with Crippen molar-refractivity contribution in [1.29, 1.82) is 0 Å². The van der Waals surface area contributed by atoms with Gasteiger partial charge < -0.3 is 10.2 Å². The van der Waals surface area contributed by atoms with Crippen molar-refractivity contribution < 1.29 is 10.2 Å². The molecule has 2 N–H and O–H groups in total. The Morgan fingerprint density at radius 2 is 1.77 bits per heavy atom. The van der Waals surface area contributed by atoms with Gasteiger partial charge >= 0.3 is 0 Å². The van der Waals surface area contributed by atoms with Crippen LogP contribution in [0.25, 0.3) is 0 Å². The van der Waals surface area contributed by atoms with Crippen molar-refractivity contribution in [2.75, 3.05) is 0 Å². The maximum Gasteiger partial charge on any atom is 0.0833 e. The van der Waals surface area contributed by atoms with Gasteiger partial charge in [0.15, 0.2) is 0 Å². The van der Waals surface area contributed by atoms with Crippen LogP contribution in [-0.2, 0) is 0 Å². The number of aliphatic hydroxyl groups is 2. The average Bonchev–Trinajstić information content (AvgIpc) is 3.04. The Hall–Kier alpha value is -0.860. The summed E-state index contributed by atoms with van der Waals surface area (Å²) in [7, 11) is 0. The van der Waals surface area contributed by atoms with E-state index < -0.39 is 5.60 Å². The highest BCUT2D eigenvalue weighted by Gasteiger charge is 2.59. The summed E-state index contributed by atoms with van der Waals surface area (Å²) in [6.07, 6.45) is 16.7. The lowest BCUT2D eigenvalue weighted by Crippen LogP contribution is -2.49. The van der Waals surface area contributed by atoms with Gasteiger partial charge in [0, 0.05) is 0 Å². The van der Waals surface area contributed by atoms with Crippen LogP contribution in [0, 0.1) is 40.4 Å². The van der Waals surface area contributed by atoms with E-state index in [1.807, 2.05) is 0 Å². The highest BCUT2D eigenvalue weighted by molar-refractivity contribution is 5.39. The number of fused-ring (bicyclic) bond motifs is 5. The lowest BCUT2D eigenvalue weighted by molar-refractivity contribution is -0.0363. The van der Waals surface area contributed by atoms with Crippen molar-refractivity contribution in [3.63, 3.8) is 0 Å². The van der Waals surface area contributed by atoms with Gasteiger partial charge in [-0.2, -0.15) is 0 Å². The molecular formula is C28H44O2. The molecule has 0 heterocycles. The van der Waals surface area contributed by atoms with E-state index in [1.54, 1.807) is 5.57 Å². The number of hydrogen-bond acceptors (Lipinski definition) is 2. The van der Waals surface area contributed by atoms with E-state index in [1.165, 1.54) is 24.8 Å². The predicted octanol–water partition coefficient (Wildman–Crippen LogP) is 6.45. The second-order valence-electron chi connectivity index (χ2n) is 12.1. The monoisotopic (exact) mass is 412 g/mol. The van der Waals surface area contributed by atoms with E-state index in [4.69, 9.17) is 0 Å². The van der Waals surface area contributed by atoms with Crippen molar-refractivity contribution in [3.8, 4) is 0 Å². The quantitative estimate of drug-likeness (QED) is 0.521. The Morgan fingerprint density at radius 1 is 1.03 bits per heavy atom. The molecule has 0 amide bonds. The Kier molecular flexibility index (Phi) is 5.68. The third-order valence-corrected chi connectivity index (χ3v) is 10.0. The molecule has 4 aliphatic carbocycles. The molecule has 168 valence electrons. The van der Waals surface area contributed by atoms with Crippen LogP contribution < -0.4 is 0 Å². The second kappa shape index (κ2) is 7.62. The van der Waals surface area contributed by atoms with Crippen LogP contribution in [0.1, 0.15) is 86.5 Å². The van der Waals surface area contributed by atoms with Gasteiger partial charge in [0.2, 0.25) is 0 Å². The highest BCUT2D eigenvalue weighted by atomic mass is 16.3. The van der Waals surface area contributed by atoms with Crippen molar-refractivity contribution in [3.05, 3.63) is 35.5 Å². The summed E-state index contributed by atoms with van der Waals surface area (Å²) < 4.78 is 0. The Bertz CT molecular complexity index is 757. The fourth-order valence-electron chi connectivity index (χ4n) is 7.63. The molecule has 2 nitrogen and oxygen atoms in total. The van der Waals surface area contributed by atoms with Gasteiger partial charge in [0.1, 0.15) is 0 Å². The lowest BCUT2D eigenvalue weighted by Gasteiger charge is -2.55. The average molecular weight is 413 g/mol. The van der Waals surface area contributed by atoms with Gasteiger partial charge in [-0.15, -0.1) is 0 Å². The zero-order valence-corrected chi connectivity index (χ0v) is 20.1. The maximum atomic E-state index is 11.6. The van der Waals surface area contributed by atoms with E-state index in [2.05, 4.69) is 65.8 Å². The molecule has 0 aromatic carbocycles. The van der Waals surface area contributed by atoms with Crippen LogP contribution in [0.15, 0.2) is 35.5 Å². The summed E-state index contributed by atoms with van der Waals surface area (Å²) in [6.45, 7) is 13.7. The molecule has 3 saturated carbocycles. The summed E-state index contributed by atoms with van der Waals surface area (Å²) in [6, 6.07) is 0. The molecule has 0 aliphatic heterocycles. The smallest absolute Gasteiger partial charge is 0.0833 e. The second-order valence-corrected chi connectivity index (χ2v) is 12.1. The molecule has 0 aromatic rings. The van der Waals surface area contributed by atoms with Crippen molar-refractivity contribution in [2.24, 2.45) is 40.4 Å². The standard InChI is InChI=1S/C28H44O2/c1-18(2)19(3)11-16-28(6,30)25-10-9-23-22-8-7-20-17-21(29)12-14-26(20,4)24(22)13-15-27(23,25)5/h7-8,11,16,18-19,21,23-25,29-30H,9-10,12-15,17H2,1-6H3/t19-,21-,23-,24+,25-,26+,27-,28-/m0/s1. The molecule has 8 atom stereocenters. The molecule has 4 aliphatic rings. The summed E-state index contributed by atoms with van der Waals surface area (Å²) in [5.74, 6) is 2.62. The molecule has 0 unspecified atom stereocenters. The van der Waals surface area contributed by atoms with Crippen molar-refractivity contribution in [1.82, 2.24) is 0 Å². The Labute approximate surface area is 184 Å². The summed E-state index contributed by atoms with van der Waals surface area (Å²) in [5.41, 5.74) is 2.80. The zero-order valence-electron chi connectivity index (χ0n) is 20.1. The minimum Gasteiger partial charge on any atom is -0.393 e. The minimum atomic E-state index is -0.742. The van der Waals surface area contributed by atoms with Crippen LogP contribution in [0.5, 0.6) is 0 Å². The molecule has 0 saturated heterocycles. The van der Waals surface area contributed by atoms with E-state index in [9.17, 15) is 10.2 Å². The lowest BCUT2D eigenvalue weighted by atomic mass is 9.49. The number of aliphatic hydroxyl groups excluding tert-OH is 1. The van der Waals surface area contributed by atoms with E-state index >= 15 is 0 Å². The maximum absolute atomic E-state index is 11.6. The fourth-order valence-corrected chi connectivity index (χ4v) is 7.63. The fraction of sp³-hybridized carbons (Fsp3) is 0.786. The molecule has 2 heteroatoms. The summed E-state index contributed by atoms with van der Waals surface area (Å²) >= 11 is 0. The largest absolute Gasteiger partial charge is 0.393 e. The van der Waals surface area contributed by atoms with Crippen LogP contribution in [-0.4, -0.2) is 21.9 Å². The van der Waals surface area contributed by atoms with Gasteiger partial charge in [-0.1, -0.05) is 70.1 Å². The Morgan fingerprint density at radius 3 is 2.47 bits per heavy atom. The van der Waals surface area contributed by atoms with Crippen LogP contribution in [0.4, 0.5) is 0 Å². The molecule has 3 fully saturated rings. The van der Waals surface area contributed by atoms with Gasteiger partial charge in [-0.05, 0) is 92.3 Å². The number of rotatable bonds is 4. The topological polar surface area (TPSA) is 40.5 Å². The third kappa shape index (κ3) is 3.47. The van der Waals surface area contributed by atoms with E-state index in [-0.39, 0.29) is 16.9 Å². The van der Waals surface area contributed by atoms with Gasteiger partial charge in [-0.25, -0.2) is 0 Å². The van der Waals surface area contributed by atoms with Gasteiger partial charge in [0.25, 0.3) is 0 Å². The first-order valence-electron chi connectivity index (χ1n) is 12.5. The summed E-state index contributed by atoms with van der Waals surface area (Å²) in [4.78, 5) is 0. The summed E-state index contributed by atoms with van der Waals surface area (Å²) in [5, 5.41) is 21.8. The normalized spacial score (nSPS) is 44.0. The van der Waals surface area contributed by atoms with Crippen LogP contribution >= 0.6 is 0 Å². The molecule has 4 rings (SSSR count).